The van der Waals surface area contributed by atoms with Gasteiger partial charge in [-0.15, -0.1) is 0 Å². The summed E-state index contributed by atoms with van der Waals surface area (Å²) in [6, 6.07) is 2.62. The van der Waals surface area contributed by atoms with Gasteiger partial charge in [0.05, 0.1) is 18.2 Å². The van der Waals surface area contributed by atoms with Gasteiger partial charge in [-0.1, -0.05) is 0 Å². The third kappa shape index (κ3) is 4.52. The lowest BCUT2D eigenvalue weighted by atomic mass is 9.57. The summed E-state index contributed by atoms with van der Waals surface area (Å²) in [5.41, 5.74) is 4.57. The van der Waals surface area contributed by atoms with Crippen LogP contribution in [0.15, 0.2) is 33.5 Å². The van der Waals surface area contributed by atoms with E-state index in [4.69, 9.17) is 10.2 Å². The molecule has 0 bridgehead atoms. The summed E-state index contributed by atoms with van der Waals surface area (Å²) in [4.78, 5) is 42.9. The van der Waals surface area contributed by atoms with Gasteiger partial charge < -0.3 is 40.8 Å². The number of nitrogens with one attached hydrogen (secondary N) is 1. The van der Waals surface area contributed by atoms with Gasteiger partial charge in [-0.3, -0.25) is 19.3 Å². The highest BCUT2D eigenvalue weighted by molar-refractivity contribution is 6.24. The Hall–Kier alpha value is -4.13. The third-order valence-corrected chi connectivity index (χ3v) is 9.09. The molecule has 0 radical (unpaired) electrons. The van der Waals surface area contributed by atoms with E-state index in [0.717, 1.165) is 22.8 Å². The molecule has 1 saturated carbocycles. The maximum atomic E-state index is 14.1. The Morgan fingerprint density at radius 2 is 1.79 bits per heavy atom. The number of phenols is 1. The minimum atomic E-state index is -2.68. The SMILES string of the molecule is Cc1cc(CNCc2cc(N(C)C)c3c(c2O)C(O)=C2C(=O)[C@]4(O)C(O)=C(C(N)=O)C(=O)C(N(C)C)[C@@H]4C[C@@H]2C3)oc1C. The average molecular weight is 595 g/mol. The van der Waals surface area contributed by atoms with Crippen LogP contribution < -0.4 is 16.0 Å². The summed E-state index contributed by atoms with van der Waals surface area (Å²) < 4.78 is 5.72. The summed E-state index contributed by atoms with van der Waals surface area (Å²) in [5, 5.41) is 49.1. The van der Waals surface area contributed by atoms with E-state index in [-0.39, 0.29) is 36.3 Å². The number of Topliss-reactive ketones (excluding diaryl/α,β-unsaturated/α-hetero) is 2. The minimum absolute atomic E-state index is 0.0324. The molecule has 1 aromatic carbocycles. The number of hydrogen-bond acceptors (Lipinski definition) is 11. The van der Waals surface area contributed by atoms with Crippen molar-refractivity contribution in [2.45, 2.75) is 51.4 Å². The first-order valence-electron chi connectivity index (χ1n) is 14.1. The first kappa shape index (κ1) is 30.3. The highest BCUT2D eigenvalue weighted by Gasteiger charge is 2.64. The second-order valence-electron chi connectivity index (χ2n) is 12.2. The first-order valence-corrected chi connectivity index (χ1v) is 14.1. The molecule has 0 spiro atoms. The van der Waals surface area contributed by atoms with Crippen LogP contribution in [0.3, 0.4) is 0 Å². The third-order valence-electron chi connectivity index (χ3n) is 9.09. The molecule has 230 valence electrons. The number of phenolic OH excluding ortho intramolecular Hbond substituents is 1. The van der Waals surface area contributed by atoms with E-state index in [1.54, 1.807) is 14.1 Å². The maximum absolute atomic E-state index is 14.1. The first-order chi connectivity index (χ1) is 20.1. The van der Waals surface area contributed by atoms with Crippen LogP contribution in [-0.4, -0.2) is 82.6 Å². The maximum Gasteiger partial charge on any atom is 0.255 e. The number of aromatic hydroxyl groups is 1. The Balaban J connectivity index is 1.61. The molecule has 1 fully saturated rings. The van der Waals surface area contributed by atoms with Crippen LogP contribution in [0.1, 0.15) is 40.2 Å². The molecule has 12 heteroatoms. The van der Waals surface area contributed by atoms with Gasteiger partial charge in [0.25, 0.3) is 5.91 Å². The number of carbonyl (C=O) groups is 3. The number of ketones is 2. The van der Waals surface area contributed by atoms with Crippen LogP contribution in [0.25, 0.3) is 5.76 Å². The molecule has 12 nitrogen and oxygen atoms in total. The number of likely N-dealkylation sites (N-methyl/N-ethyl adjacent to an activating group) is 1. The summed E-state index contributed by atoms with van der Waals surface area (Å²) in [6.45, 7) is 4.43. The van der Waals surface area contributed by atoms with E-state index < -0.39 is 58.0 Å². The van der Waals surface area contributed by atoms with Gasteiger partial charge in [-0.2, -0.15) is 0 Å². The molecular weight excluding hydrogens is 556 g/mol. The van der Waals surface area contributed by atoms with Crippen molar-refractivity contribution in [3.63, 3.8) is 0 Å². The van der Waals surface area contributed by atoms with Crippen molar-refractivity contribution in [3.8, 4) is 5.75 Å². The van der Waals surface area contributed by atoms with Crippen molar-refractivity contribution in [1.82, 2.24) is 10.2 Å². The van der Waals surface area contributed by atoms with Crippen molar-refractivity contribution in [3.05, 3.63) is 62.8 Å². The second kappa shape index (κ2) is 10.5. The van der Waals surface area contributed by atoms with Gasteiger partial charge >= 0.3 is 0 Å². The zero-order valence-electron chi connectivity index (χ0n) is 25.1. The number of aliphatic hydroxyl groups excluding tert-OH is 2. The van der Waals surface area contributed by atoms with Crippen molar-refractivity contribution in [1.29, 1.82) is 0 Å². The molecule has 3 aliphatic carbocycles. The quantitative estimate of drug-likeness (QED) is 0.255. The molecule has 0 saturated heterocycles. The lowest BCUT2D eigenvalue weighted by molar-refractivity contribution is -0.153. The van der Waals surface area contributed by atoms with Gasteiger partial charge in [0, 0.05) is 43.4 Å². The number of anilines is 1. The topological polar surface area (TPSA) is 190 Å². The van der Waals surface area contributed by atoms with Gasteiger partial charge in [-0.25, -0.2) is 0 Å². The zero-order chi connectivity index (χ0) is 31.7. The van der Waals surface area contributed by atoms with Crippen molar-refractivity contribution in [2.75, 3.05) is 33.1 Å². The van der Waals surface area contributed by atoms with Crippen LogP contribution in [0.4, 0.5) is 5.69 Å². The fraction of sp³-hybridized carbons (Fsp3) is 0.452. The van der Waals surface area contributed by atoms with Crippen LogP contribution in [0.5, 0.6) is 5.75 Å². The number of furan rings is 1. The monoisotopic (exact) mass is 594 g/mol. The summed E-state index contributed by atoms with van der Waals surface area (Å²) >= 11 is 0. The Morgan fingerprint density at radius 1 is 1.12 bits per heavy atom. The molecule has 4 atom stereocenters. The van der Waals surface area contributed by atoms with Crippen molar-refractivity contribution < 1.29 is 39.2 Å². The van der Waals surface area contributed by atoms with E-state index in [2.05, 4.69) is 5.32 Å². The van der Waals surface area contributed by atoms with Crippen LogP contribution in [-0.2, 0) is 33.9 Å². The number of hydrogen-bond donors (Lipinski definition) is 6. The molecule has 3 aliphatic rings. The number of aliphatic hydroxyl groups is 3. The number of nitrogens with zero attached hydrogens (tertiary/aromatic N) is 2. The number of rotatable bonds is 7. The van der Waals surface area contributed by atoms with E-state index >= 15 is 0 Å². The van der Waals surface area contributed by atoms with Gasteiger partial charge in [0.2, 0.25) is 5.78 Å². The Kier molecular flexibility index (Phi) is 7.44. The lowest BCUT2D eigenvalue weighted by Gasteiger charge is -2.50. The van der Waals surface area contributed by atoms with Crippen molar-refractivity contribution >= 4 is 28.9 Å². The largest absolute Gasteiger partial charge is 0.508 e. The summed E-state index contributed by atoms with van der Waals surface area (Å²) in [6.07, 6.45) is 0.249. The lowest BCUT2D eigenvalue weighted by Crippen LogP contribution is -2.65. The number of benzene rings is 1. The van der Waals surface area contributed by atoms with Crippen molar-refractivity contribution in [2.24, 2.45) is 17.6 Å². The predicted molar refractivity (Wildman–Crippen MR) is 157 cm³/mol. The minimum Gasteiger partial charge on any atom is -0.508 e. The molecule has 7 N–H and O–H groups in total. The number of nitrogens with two attached hydrogens (primary N) is 1. The molecule has 43 heavy (non-hydrogen) atoms. The molecule has 0 aliphatic heterocycles. The predicted octanol–water partition coefficient (Wildman–Crippen LogP) is 1.53. The van der Waals surface area contributed by atoms with Crippen LogP contribution in [0.2, 0.25) is 0 Å². The van der Waals surface area contributed by atoms with Crippen LogP contribution in [0, 0.1) is 25.7 Å². The smallest absolute Gasteiger partial charge is 0.255 e. The number of carbonyl (C=O) groups excluding carboxylic acids is 3. The second-order valence-corrected chi connectivity index (χ2v) is 12.2. The number of fused-ring (bicyclic) bond motifs is 3. The van der Waals surface area contributed by atoms with E-state index in [0.29, 0.717) is 17.7 Å². The van der Waals surface area contributed by atoms with E-state index in [1.165, 1.54) is 4.90 Å². The fourth-order valence-electron chi connectivity index (χ4n) is 6.94. The molecule has 5 rings (SSSR count). The Bertz CT molecular complexity index is 1600. The number of aryl methyl sites for hydroxylation is 2. The highest BCUT2D eigenvalue weighted by atomic mass is 16.4. The standard InChI is InChI=1S/C31H38N4O8/c1-13-7-17(43-14(13)2)12-33-11-16-10-20(34(3)4)18-8-15-9-19-24(35(5)6)27(38)23(30(32)41)29(40)31(19,42)28(39)21(15)26(37)22(18)25(16)36/h7,10,15,19,24,33,36-37,40,42H,8-9,11-12H2,1-6H3,(H2,32,41)/t15-,19-,24?,31-/m0/s1. The van der Waals surface area contributed by atoms with Gasteiger partial charge in [0.1, 0.15) is 34.4 Å². The highest BCUT2D eigenvalue weighted by Crippen LogP contribution is 2.54. The zero-order valence-corrected chi connectivity index (χ0v) is 25.1. The average Bonchev–Trinajstić information content (AvgIpc) is 3.23. The van der Waals surface area contributed by atoms with Gasteiger partial charge in [0.15, 0.2) is 11.4 Å². The molecule has 1 unspecified atom stereocenters. The molecule has 1 aromatic heterocycles. The Labute approximate surface area is 249 Å². The van der Waals surface area contributed by atoms with E-state index in [9.17, 15) is 34.8 Å². The summed E-state index contributed by atoms with van der Waals surface area (Å²) in [7, 11) is 6.80. The Morgan fingerprint density at radius 3 is 2.35 bits per heavy atom. The molecular formula is C31H38N4O8. The molecule has 2 aromatic rings. The number of primary amides is 1. The molecule has 1 amide bonds. The van der Waals surface area contributed by atoms with Crippen LogP contribution >= 0.6 is 0 Å². The van der Waals surface area contributed by atoms with Gasteiger partial charge in [-0.05, 0) is 70.0 Å². The molecule has 1 heterocycles. The normalized spacial score (nSPS) is 25.2. The fourth-order valence-corrected chi connectivity index (χ4v) is 6.94. The number of amides is 1. The van der Waals surface area contributed by atoms with E-state index in [1.807, 2.05) is 45.0 Å². The summed E-state index contributed by atoms with van der Waals surface area (Å²) in [5.74, 6) is -5.16.